The molecule has 1 fully saturated rings. The topological polar surface area (TPSA) is 83.1 Å². The van der Waals surface area contributed by atoms with Gasteiger partial charge in [0.2, 0.25) is 0 Å². The summed E-state index contributed by atoms with van der Waals surface area (Å²) in [6.45, 7) is 5.08. The second-order valence-electron chi connectivity index (χ2n) is 7.46. The first-order valence-corrected chi connectivity index (χ1v) is 9.82. The van der Waals surface area contributed by atoms with E-state index in [2.05, 4.69) is 10.2 Å². The van der Waals surface area contributed by atoms with Gasteiger partial charge in [-0.1, -0.05) is 0 Å². The molecule has 2 aromatic rings. The predicted molar refractivity (Wildman–Crippen MR) is 117 cm³/mol. The van der Waals surface area contributed by atoms with E-state index in [4.69, 9.17) is 14.2 Å². The summed E-state index contributed by atoms with van der Waals surface area (Å²) in [5.41, 5.74) is 3.48. The van der Waals surface area contributed by atoms with Gasteiger partial charge in [0.25, 0.3) is 0 Å². The van der Waals surface area contributed by atoms with Gasteiger partial charge >= 0.3 is 6.03 Å². The molecule has 0 saturated carbocycles. The number of aryl methyl sites for hydroxylation is 2. The number of benzene rings is 2. The number of nitrogens with one attached hydrogen (secondary N) is 1. The molecule has 1 N–H and O–H groups in total. The quantitative estimate of drug-likeness (QED) is 0.592. The number of quaternary nitrogens is 1. The van der Waals surface area contributed by atoms with Gasteiger partial charge in [0, 0.05) is 23.9 Å². The summed E-state index contributed by atoms with van der Waals surface area (Å²) < 4.78 is 15.1. The van der Waals surface area contributed by atoms with Crippen molar-refractivity contribution in [3.8, 4) is 17.2 Å². The highest BCUT2D eigenvalue weighted by Gasteiger charge is 2.33. The fraction of sp³-hybridized carbons (Fsp3) is 0.409. The first-order valence-electron chi connectivity index (χ1n) is 9.82. The summed E-state index contributed by atoms with van der Waals surface area (Å²) in [4.78, 5) is 14.9. The molecule has 1 heterocycles. The molecular weight excluding hydrogens is 386 g/mol. The third-order valence-corrected chi connectivity index (χ3v) is 5.59. The Morgan fingerprint density at radius 3 is 2.03 bits per heavy atom. The smallest absolute Gasteiger partial charge is 0.421 e. The highest BCUT2D eigenvalue weighted by molar-refractivity contribution is 5.87. The summed E-state index contributed by atoms with van der Waals surface area (Å²) in [5, 5.41) is 16.0. The molecule has 1 aliphatic heterocycles. The van der Waals surface area contributed by atoms with Gasteiger partial charge < -0.3 is 24.3 Å². The fourth-order valence-electron chi connectivity index (χ4n) is 3.50. The van der Waals surface area contributed by atoms with E-state index in [1.807, 2.05) is 38.1 Å². The first-order chi connectivity index (χ1) is 14.3. The highest BCUT2D eigenvalue weighted by atomic mass is 16.6. The van der Waals surface area contributed by atoms with E-state index in [1.165, 1.54) is 0 Å². The van der Waals surface area contributed by atoms with Crippen LogP contribution in [-0.2, 0) is 0 Å². The number of anilines is 2. The summed E-state index contributed by atoms with van der Waals surface area (Å²) in [6.07, 6.45) is 0. The number of urea groups is 1. The molecule has 0 spiro atoms. The maximum absolute atomic E-state index is 13.2. The highest BCUT2D eigenvalue weighted by Crippen LogP contribution is 2.31. The monoisotopic (exact) mass is 415 g/mol. The van der Waals surface area contributed by atoms with Crippen molar-refractivity contribution in [1.29, 1.82) is 0 Å². The van der Waals surface area contributed by atoms with Crippen LogP contribution in [0.5, 0.6) is 17.2 Å². The molecule has 1 saturated heterocycles. The number of hydroxylamine groups is 3. The molecule has 0 aliphatic carbocycles. The minimum absolute atomic E-state index is 0.137. The lowest BCUT2D eigenvalue weighted by molar-refractivity contribution is -0.797. The van der Waals surface area contributed by atoms with Crippen molar-refractivity contribution in [3.63, 3.8) is 0 Å². The van der Waals surface area contributed by atoms with Crippen LogP contribution in [0.1, 0.15) is 11.1 Å². The van der Waals surface area contributed by atoms with Gasteiger partial charge in [0.15, 0.2) is 0 Å². The number of amides is 2. The maximum atomic E-state index is 13.2. The van der Waals surface area contributed by atoms with Crippen LogP contribution in [0.15, 0.2) is 30.3 Å². The lowest BCUT2D eigenvalue weighted by Gasteiger charge is -2.45. The zero-order chi connectivity index (χ0) is 21.9. The molecule has 8 nitrogen and oxygen atoms in total. The van der Waals surface area contributed by atoms with E-state index in [9.17, 15) is 10.0 Å². The minimum atomic E-state index is -0.937. The molecule has 0 atom stereocenters. The van der Waals surface area contributed by atoms with Crippen molar-refractivity contribution in [1.82, 2.24) is 0 Å². The number of nitrogens with zero attached hydrogens (tertiary/aromatic N) is 2. The molecule has 1 aliphatic rings. The third-order valence-electron chi connectivity index (χ3n) is 5.59. The number of ether oxygens (including phenoxy) is 3. The van der Waals surface area contributed by atoms with Crippen LogP contribution in [0.4, 0.5) is 16.2 Å². The third kappa shape index (κ3) is 4.44. The average molecular weight is 415 g/mol. The first kappa shape index (κ1) is 21.7. The van der Waals surface area contributed by atoms with E-state index in [1.54, 1.807) is 27.4 Å². The van der Waals surface area contributed by atoms with Crippen molar-refractivity contribution >= 4 is 17.4 Å². The molecule has 3 rings (SSSR count). The number of piperazine rings is 1. The zero-order valence-corrected chi connectivity index (χ0v) is 18.2. The van der Waals surface area contributed by atoms with Crippen molar-refractivity contribution in [2.45, 2.75) is 13.8 Å². The zero-order valence-electron chi connectivity index (χ0n) is 18.2. The van der Waals surface area contributed by atoms with Crippen molar-refractivity contribution in [2.75, 3.05) is 57.7 Å². The molecule has 162 valence electrons. The standard InChI is InChI=1S/C22H29N3O5/c1-15-10-20(21(30-5)11-16(15)2)23-22(26)25(27)8-6-24(7-9-25)17-12-18(28-3)14-19(13-17)29-4/h10-14H,6-9H2,1-5H3,(H,23,26). The Morgan fingerprint density at radius 1 is 0.933 bits per heavy atom. The molecule has 0 radical (unpaired) electrons. The summed E-state index contributed by atoms with van der Waals surface area (Å²) in [6, 6.07) is 8.69. The molecule has 0 unspecified atom stereocenters. The number of methoxy groups -OCH3 is 3. The van der Waals surface area contributed by atoms with Gasteiger partial charge in [-0.05, 0) is 37.1 Å². The molecule has 0 aromatic heterocycles. The average Bonchev–Trinajstić information content (AvgIpc) is 2.76. The summed E-state index contributed by atoms with van der Waals surface area (Å²) in [7, 11) is 4.74. The van der Waals surface area contributed by atoms with Crippen LogP contribution in [0.25, 0.3) is 0 Å². The SMILES string of the molecule is COc1cc(OC)cc(N2CC[N+]([O-])(C(=O)Nc3cc(C)c(C)cc3OC)CC2)c1. The Morgan fingerprint density at radius 2 is 1.50 bits per heavy atom. The Hall–Kier alpha value is -2.97. The van der Waals surface area contributed by atoms with Crippen molar-refractivity contribution in [2.24, 2.45) is 0 Å². The van der Waals surface area contributed by atoms with Gasteiger partial charge in [-0.3, -0.25) is 9.96 Å². The second-order valence-corrected chi connectivity index (χ2v) is 7.46. The molecule has 2 aromatic carbocycles. The number of carbonyl (C=O) groups is 1. The Balaban J connectivity index is 1.72. The molecule has 30 heavy (non-hydrogen) atoms. The van der Waals surface area contributed by atoms with Crippen molar-refractivity contribution < 1.29 is 23.7 Å². The number of hydrogen-bond donors (Lipinski definition) is 1. The van der Waals surface area contributed by atoms with Gasteiger partial charge in [0.1, 0.15) is 30.3 Å². The van der Waals surface area contributed by atoms with Crippen LogP contribution in [0.2, 0.25) is 0 Å². The Bertz CT molecular complexity index is 901. The van der Waals surface area contributed by atoms with Crippen LogP contribution in [-0.4, -0.2) is 58.2 Å². The van der Waals surface area contributed by atoms with Crippen LogP contribution >= 0.6 is 0 Å². The van der Waals surface area contributed by atoms with Gasteiger partial charge in [0.05, 0.1) is 40.1 Å². The van der Waals surface area contributed by atoms with Crippen LogP contribution in [0, 0.1) is 19.1 Å². The van der Waals surface area contributed by atoms with E-state index in [0.29, 0.717) is 36.0 Å². The van der Waals surface area contributed by atoms with Gasteiger partial charge in [-0.25, -0.2) is 4.79 Å². The Kier molecular flexibility index (Phi) is 6.38. The summed E-state index contributed by atoms with van der Waals surface area (Å²) in [5.74, 6) is 1.90. The lowest BCUT2D eigenvalue weighted by atomic mass is 10.1. The maximum Gasteiger partial charge on any atom is 0.421 e. The van der Waals surface area contributed by atoms with E-state index in [-0.39, 0.29) is 13.1 Å². The number of hydrogen-bond acceptors (Lipinski definition) is 6. The summed E-state index contributed by atoms with van der Waals surface area (Å²) >= 11 is 0. The van der Waals surface area contributed by atoms with Crippen LogP contribution < -0.4 is 24.4 Å². The van der Waals surface area contributed by atoms with Crippen LogP contribution in [0.3, 0.4) is 0 Å². The van der Waals surface area contributed by atoms with Gasteiger partial charge in [-0.15, -0.1) is 0 Å². The van der Waals surface area contributed by atoms with Gasteiger partial charge in [-0.2, -0.15) is 0 Å². The molecule has 8 heteroatoms. The molecule has 0 bridgehead atoms. The van der Waals surface area contributed by atoms with E-state index >= 15 is 0 Å². The van der Waals surface area contributed by atoms with E-state index < -0.39 is 10.7 Å². The predicted octanol–water partition coefficient (Wildman–Crippen LogP) is 3.70. The Labute approximate surface area is 177 Å². The largest absolute Gasteiger partial charge is 0.624 e. The number of carbonyl (C=O) groups excluding carboxylic acids is 1. The molecular formula is C22H29N3O5. The second kappa shape index (κ2) is 8.81. The minimum Gasteiger partial charge on any atom is -0.624 e. The van der Waals surface area contributed by atoms with E-state index in [0.717, 1.165) is 16.8 Å². The fourth-order valence-corrected chi connectivity index (χ4v) is 3.50. The molecule has 2 amide bonds. The van der Waals surface area contributed by atoms with Crippen molar-refractivity contribution in [3.05, 3.63) is 46.7 Å². The lowest BCUT2D eigenvalue weighted by Crippen LogP contribution is -2.60. The number of rotatable bonds is 5. The normalized spacial score (nSPS) is 15.5.